The number of hydrogen-bond acceptors (Lipinski definition) is 2. The Balaban J connectivity index is 2.32. The topological polar surface area (TPSA) is 79.1 Å². The third-order valence-electron chi connectivity index (χ3n) is 2.28. The molecule has 0 radical (unpaired) electrons. The summed E-state index contributed by atoms with van der Waals surface area (Å²) in [5.41, 5.74) is 7.24. The largest absolute Gasteiger partial charge is 0.480 e. The van der Waals surface area contributed by atoms with Crippen LogP contribution in [0.5, 0.6) is 0 Å². The second-order valence-corrected chi connectivity index (χ2v) is 3.35. The number of aliphatic carboxylic acids is 1. The quantitative estimate of drug-likeness (QED) is 0.686. The maximum Gasteiger partial charge on any atom is 0.320 e. The Morgan fingerprint density at radius 2 is 2.47 bits per heavy atom. The average molecular weight is 202 g/mol. The first-order valence-electron chi connectivity index (χ1n) is 4.55. The standard InChI is InChI=1S/C11H10N2O2/c12-9(11(14)15)5-7-6-13-10-4-2-1-3-8(7)10/h2,4,6,9,13H,5,12H2,(H,14,15)/t9-/m0/s1. The van der Waals surface area contributed by atoms with Gasteiger partial charge in [-0.1, -0.05) is 12.1 Å². The molecule has 1 aromatic heterocycles. The number of carbonyl (C=O) groups is 1. The summed E-state index contributed by atoms with van der Waals surface area (Å²) in [5, 5.41) is 9.56. The minimum absolute atomic E-state index is 0.295. The van der Waals surface area contributed by atoms with Crippen LogP contribution in [0.25, 0.3) is 10.9 Å². The molecular formula is C11H10N2O2. The van der Waals surface area contributed by atoms with Crippen molar-refractivity contribution < 1.29 is 9.90 Å². The summed E-state index contributed by atoms with van der Waals surface area (Å²) in [6.07, 6.45) is 2.06. The first-order chi connectivity index (χ1) is 7.18. The van der Waals surface area contributed by atoms with Gasteiger partial charge in [0.2, 0.25) is 0 Å². The molecule has 1 aromatic carbocycles. The molecule has 4 nitrogen and oxygen atoms in total. The number of H-pyrrole nitrogens is 1. The first kappa shape index (κ1) is 9.56. The van der Waals surface area contributed by atoms with Gasteiger partial charge in [0.25, 0.3) is 0 Å². The summed E-state index contributed by atoms with van der Waals surface area (Å²) >= 11 is 0. The monoisotopic (exact) mass is 202 g/mol. The molecule has 0 saturated carbocycles. The van der Waals surface area contributed by atoms with Crippen molar-refractivity contribution in [3.8, 4) is 0 Å². The molecule has 0 amide bonds. The Labute approximate surface area is 86.7 Å². The predicted molar refractivity (Wildman–Crippen MR) is 55.3 cm³/mol. The van der Waals surface area contributed by atoms with Crippen LogP contribution in [-0.2, 0) is 11.2 Å². The highest BCUT2D eigenvalue weighted by atomic mass is 16.4. The van der Waals surface area contributed by atoms with E-state index in [0.717, 1.165) is 16.5 Å². The maximum absolute atomic E-state index is 10.6. The van der Waals surface area contributed by atoms with Crippen molar-refractivity contribution in [1.82, 2.24) is 4.98 Å². The molecule has 1 atom stereocenters. The van der Waals surface area contributed by atoms with E-state index in [4.69, 9.17) is 10.8 Å². The van der Waals surface area contributed by atoms with Crippen LogP contribution in [0.2, 0.25) is 0 Å². The Bertz CT molecular complexity index is 490. The van der Waals surface area contributed by atoms with Gasteiger partial charge >= 0.3 is 5.97 Å². The molecular weight excluding hydrogens is 192 g/mol. The lowest BCUT2D eigenvalue weighted by atomic mass is 10.1. The van der Waals surface area contributed by atoms with Gasteiger partial charge in [-0.2, -0.15) is 0 Å². The number of aromatic amines is 1. The molecule has 0 aliphatic heterocycles. The van der Waals surface area contributed by atoms with E-state index in [2.05, 4.69) is 17.1 Å². The van der Waals surface area contributed by atoms with Crippen LogP contribution in [0.15, 0.2) is 18.3 Å². The summed E-state index contributed by atoms with van der Waals surface area (Å²) < 4.78 is 0. The molecule has 76 valence electrons. The molecule has 0 unspecified atom stereocenters. The van der Waals surface area contributed by atoms with Crippen LogP contribution in [0.3, 0.4) is 0 Å². The van der Waals surface area contributed by atoms with Gasteiger partial charge in [-0.05, 0) is 17.7 Å². The molecule has 2 rings (SSSR count). The van der Waals surface area contributed by atoms with Gasteiger partial charge in [-0.25, -0.2) is 0 Å². The zero-order valence-corrected chi connectivity index (χ0v) is 7.95. The van der Waals surface area contributed by atoms with Crippen molar-refractivity contribution in [2.75, 3.05) is 0 Å². The lowest BCUT2D eigenvalue weighted by Crippen LogP contribution is -2.32. The molecule has 15 heavy (non-hydrogen) atoms. The van der Waals surface area contributed by atoms with Crippen molar-refractivity contribution in [2.24, 2.45) is 5.73 Å². The van der Waals surface area contributed by atoms with Crippen molar-refractivity contribution in [3.63, 3.8) is 0 Å². The van der Waals surface area contributed by atoms with Crippen molar-refractivity contribution in [2.45, 2.75) is 12.5 Å². The number of nitrogens with two attached hydrogens (primary N) is 1. The zero-order valence-electron chi connectivity index (χ0n) is 7.95. The minimum atomic E-state index is -0.996. The minimum Gasteiger partial charge on any atom is -0.480 e. The summed E-state index contributed by atoms with van der Waals surface area (Å²) in [6, 6.07) is 8.51. The normalized spacial score (nSPS) is 12.3. The van der Waals surface area contributed by atoms with Crippen LogP contribution in [0.4, 0.5) is 0 Å². The highest BCUT2D eigenvalue weighted by molar-refractivity contribution is 5.82. The predicted octanol–water partition coefficient (Wildman–Crippen LogP) is 0.723. The fourth-order valence-corrected chi connectivity index (χ4v) is 1.49. The SMILES string of the molecule is N[C@@H](Cc1c[nH]c2ccc#cc12)C(=O)O. The molecule has 0 fully saturated rings. The molecule has 4 N–H and O–H groups in total. The van der Waals surface area contributed by atoms with Crippen LogP contribution in [0, 0.1) is 12.1 Å². The average Bonchev–Trinajstić information content (AvgIpc) is 2.62. The van der Waals surface area contributed by atoms with Crippen molar-refractivity contribution in [1.29, 1.82) is 0 Å². The number of aromatic nitrogens is 1. The van der Waals surface area contributed by atoms with Gasteiger partial charge in [0.15, 0.2) is 0 Å². The number of fused-ring (bicyclic) bond motifs is 1. The van der Waals surface area contributed by atoms with Gasteiger partial charge < -0.3 is 15.8 Å². The highest BCUT2D eigenvalue weighted by Gasteiger charge is 2.14. The molecule has 0 saturated heterocycles. The van der Waals surface area contributed by atoms with E-state index in [-0.39, 0.29) is 0 Å². The van der Waals surface area contributed by atoms with Gasteiger partial charge in [0, 0.05) is 12.6 Å². The van der Waals surface area contributed by atoms with E-state index < -0.39 is 12.0 Å². The molecule has 1 heterocycles. The van der Waals surface area contributed by atoms with E-state index in [1.165, 1.54) is 0 Å². The smallest absolute Gasteiger partial charge is 0.320 e. The first-order valence-corrected chi connectivity index (χ1v) is 4.55. The van der Waals surface area contributed by atoms with Gasteiger partial charge in [-0.15, -0.1) is 0 Å². The number of carboxylic acids is 1. The van der Waals surface area contributed by atoms with Crippen LogP contribution in [0.1, 0.15) is 5.56 Å². The maximum atomic E-state index is 10.6. The van der Waals surface area contributed by atoms with E-state index in [0.29, 0.717) is 6.42 Å². The number of nitrogens with one attached hydrogen (secondary N) is 1. The molecule has 4 heteroatoms. The Kier molecular flexibility index (Phi) is 2.32. The van der Waals surface area contributed by atoms with Gasteiger partial charge in [-0.3, -0.25) is 4.79 Å². The Hall–Kier alpha value is -1.99. The van der Waals surface area contributed by atoms with E-state index >= 15 is 0 Å². The molecule has 2 aromatic rings. The summed E-state index contributed by atoms with van der Waals surface area (Å²) in [5.74, 6) is -0.996. The Morgan fingerprint density at radius 1 is 1.67 bits per heavy atom. The molecule has 0 aliphatic carbocycles. The molecule has 0 bridgehead atoms. The Morgan fingerprint density at radius 3 is 3.20 bits per heavy atom. The van der Waals surface area contributed by atoms with E-state index in [1.54, 1.807) is 12.3 Å². The fraction of sp³-hybridized carbons (Fsp3) is 0.182. The van der Waals surface area contributed by atoms with Gasteiger partial charge in [0.1, 0.15) is 6.04 Å². The summed E-state index contributed by atoms with van der Waals surface area (Å²) in [4.78, 5) is 13.6. The third kappa shape index (κ3) is 1.78. The zero-order chi connectivity index (χ0) is 10.8. The second-order valence-electron chi connectivity index (χ2n) is 3.35. The van der Waals surface area contributed by atoms with Crippen molar-refractivity contribution in [3.05, 3.63) is 36.0 Å². The van der Waals surface area contributed by atoms with Crippen LogP contribution >= 0.6 is 0 Å². The highest BCUT2D eigenvalue weighted by Crippen LogP contribution is 2.16. The van der Waals surface area contributed by atoms with Crippen molar-refractivity contribution >= 4 is 16.9 Å². The number of carboxylic acid groups (broad SMARTS) is 1. The van der Waals surface area contributed by atoms with Crippen LogP contribution in [-0.4, -0.2) is 22.1 Å². The fourth-order valence-electron chi connectivity index (χ4n) is 1.49. The summed E-state index contributed by atoms with van der Waals surface area (Å²) in [7, 11) is 0. The number of hydrogen-bond donors (Lipinski definition) is 3. The van der Waals surface area contributed by atoms with Gasteiger partial charge in [0.05, 0.1) is 10.9 Å². The lowest BCUT2D eigenvalue weighted by molar-refractivity contribution is -0.138. The van der Waals surface area contributed by atoms with Crippen LogP contribution < -0.4 is 5.73 Å². The molecule has 0 aliphatic rings. The third-order valence-corrected chi connectivity index (χ3v) is 2.28. The second kappa shape index (κ2) is 3.64. The van der Waals surface area contributed by atoms with E-state index in [1.807, 2.05) is 6.07 Å². The van der Waals surface area contributed by atoms with E-state index in [9.17, 15) is 4.79 Å². The lowest BCUT2D eigenvalue weighted by Gasteiger charge is -2.03. The number of rotatable bonds is 3. The molecule has 0 spiro atoms. The summed E-state index contributed by atoms with van der Waals surface area (Å²) in [6.45, 7) is 0.